The Bertz CT molecular complexity index is 443. The Kier molecular flexibility index (Phi) is 3.34. The van der Waals surface area contributed by atoms with Gasteiger partial charge in [0.1, 0.15) is 5.75 Å². The van der Waals surface area contributed by atoms with Gasteiger partial charge in [0.25, 0.3) is 0 Å². The standard InChI is InChI=1S/C16H21NO/c1-15(2,3)13-4-6-14(7-5-13)18-12-16(8-9-16)10-11-17/h4-7H,8-10,12H2,1-3H3. The van der Waals surface area contributed by atoms with Crippen molar-refractivity contribution in [1.82, 2.24) is 0 Å². The van der Waals surface area contributed by atoms with Crippen LogP contribution in [0.5, 0.6) is 5.75 Å². The van der Waals surface area contributed by atoms with Gasteiger partial charge in [-0.05, 0) is 36.0 Å². The Labute approximate surface area is 110 Å². The molecule has 0 unspecified atom stereocenters. The second-order valence-electron chi connectivity index (χ2n) is 6.40. The van der Waals surface area contributed by atoms with E-state index in [4.69, 9.17) is 10.00 Å². The van der Waals surface area contributed by atoms with Gasteiger partial charge in [-0.2, -0.15) is 5.26 Å². The zero-order valence-corrected chi connectivity index (χ0v) is 11.5. The molecule has 0 bridgehead atoms. The summed E-state index contributed by atoms with van der Waals surface area (Å²) in [7, 11) is 0. The van der Waals surface area contributed by atoms with Gasteiger partial charge in [-0.25, -0.2) is 0 Å². The van der Waals surface area contributed by atoms with Crippen molar-refractivity contribution in [3.05, 3.63) is 29.8 Å². The van der Waals surface area contributed by atoms with Crippen molar-refractivity contribution < 1.29 is 4.74 Å². The van der Waals surface area contributed by atoms with Gasteiger partial charge in [0.05, 0.1) is 12.7 Å². The molecule has 0 aromatic heterocycles. The molecular weight excluding hydrogens is 222 g/mol. The molecule has 2 heteroatoms. The van der Waals surface area contributed by atoms with E-state index in [0.717, 1.165) is 18.6 Å². The first kappa shape index (κ1) is 13.0. The van der Waals surface area contributed by atoms with Crippen molar-refractivity contribution >= 4 is 0 Å². The van der Waals surface area contributed by atoms with Crippen LogP contribution >= 0.6 is 0 Å². The molecule has 1 fully saturated rings. The van der Waals surface area contributed by atoms with Crippen molar-refractivity contribution in [3.63, 3.8) is 0 Å². The lowest BCUT2D eigenvalue weighted by molar-refractivity contribution is 0.236. The summed E-state index contributed by atoms with van der Waals surface area (Å²) in [6, 6.07) is 10.6. The van der Waals surface area contributed by atoms with E-state index in [-0.39, 0.29) is 10.8 Å². The highest BCUT2D eigenvalue weighted by molar-refractivity contribution is 5.31. The molecule has 2 nitrogen and oxygen atoms in total. The van der Waals surface area contributed by atoms with Gasteiger partial charge in [0, 0.05) is 11.8 Å². The first-order chi connectivity index (χ1) is 8.45. The van der Waals surface area contributed by atoms with Crippen LogP contribution in [0.3, 0.4) is 0 Å². The van der Waals surface area contributed by atoms with E-state index in [1.165, 1.54) is 5.56 Å². The van der Waals surface area contributed by atoms with Crippen LogP contribution in [0, 0.1) is 16.7 Å². The summed E-state index contributed by atoms with van der Waals surface area (Å²) < 4.78 is 5.80. The van der Waals surface area contributed by atoms with Gasteiger partial charge < -0.3 is 4.74 Å². The zero-order chi connectivity index (χ0) is 13.2. The summed E-state index contributed by atoms with van der Waals surface area (Å²) >= 11 is 0. The van der Waals surface area contributed by atoms with Gasteiger partial charge in [0.2, 0.25) is 0 Å². The maximum Gasteiger partial charge on any atom is 0.119 e. The average Bonchev–Trinajstić information content (AvgIpc) is 3.07. The summed E-state index contributed by atoms with van der Waals surface area (Å²) in [5.41, 5.74) is 1.64. The quantitative estimate of drug-likeness (QED) is 0.799. The van der Waals surface area contributed by atoms with Crippen LogP contribution in [-0.4, -0.2) is 6.61 Å². The third-order valence-corrected chi connectivity index (χ3v) is 3.68. The zero-order valence-electron chi connectivity index (χ0n) is 11.5. The van der Waals surface area contributed by atoms with E-state index in [2.05, 4.69) is 39.0 Å². The van der Waals surface area contributed by atoms with Crippen molar-refractivity contribution in [2.24, 2.45) is 5.41 Å². The Balaban J connectivity index is 1.93. The predicted octanol–water partition coefficient (Wildman–Crippen LogP) is 4.06. The van der Waals surface area contributed by atoms with Crippen LogP contribution in [0.25, 0.3) is 0 Å². The highest BCUT2D eigenvalue weighted by atomic mass is 16.5. The molecule has 18 heavy (non-hydrogen) atoms. The first-order valence-corrected chi connectivity index (χ1v) is 6.56. The minimum absolute atomic E-state index is 0.150. The van der Waals surface area contributed by atoms with E-state index in [1.54, 1.807) is 0 Å². The van der Waals surface area contributed by atoms with Crippen molar-refractivity contribution in [3.8, 4) is 11.8 Å². The summed E-state index contributed by atoms with van der Waals surface area (Å²) in [6.45, 7) is 7.29. The van der Waals surface area contributed by atoms with Crippen LogP contribution in [0.1, 0.15) is 45.6 Å². The Hall–Kier alpha value is -1.49. The fourth-order valence-electron chi connectivity index (χ4n) is 2.00. The number of benzene rings is 1. The maximum absolute atomic E-state index is 8.76. The second kappa shape index (κ2) is 4.65. The van der Waals surface area contributed by atoms with Crippen LogP contribution in [0.4, 0.5) is 0 Å². The third-order valence-electron chi connectivity index (χ3n) is 3.68. The van der Waals surface area contributed by atoms with E-state index < -0.39 is 0 Å². The van der Waals surface area contributed by atoms with Gasteiger partial charge in [-0.15, -0.1) is 0 Å². The minimum Gasteiger partial charge on any atom is -0.493 e. The molecule has 1 aromatic rings. The minimum atomic E-state index is 0.150. The van der Waals surface area contributed by atoms with Gasteiger partial charge in [0.15, 0.2) is 0 Å². The molecule has 0 N–H and O–H groups in total. The fraction of sp³-hybridized carbons (Fsp3) is 0.562. The topological polar surface area (TPSA) is 33.0 Å². The molecule has 96 valence electrons. The Morgan fingerprint density at radius 3 is 2.28 bits per heavy atom. The molecular formula is C16H21NO. The molecule has 0 amide bonds. The molecule has 1 aromatic carbocycles. The van der Waals surface area contributed by atoms with E-state index in [1.807, 2.05) is 12.1 Å². The van der Waals surface area contributed by atoms with Gasteiger partial charge in [-0.1, -0.05) is 32.9 Å². The number of nitriles is 1. The number of nitrogens with zero attached hydrogens (tertiary/aromatic N) is 1. The van der Waals surface area contributed by atoms with Crippen molar-refractivity contribution in [2.45, 2.75) is 45.4 Å². The van der Waals surface area contributed by atoms with Gasteiger partial charge in [-0.3, -0.25) is 0 Å². The van der Waals surface area contributed by atoms with E-state index in [0.29, 0.717) is 13.0 Å². The lowest BCUT2D eigenvalue weighted by Crippen LogP contribution is -2.13. The lowest BCUT2D eigenvalue weighted by atomic mass is 9.87. The summed E-state index contributed by atoms with van der Waals surface area (Å²) in [5, 5.41) is 8.76. The fourth-order valence-corrected chi connectivity index (χ4v) is 2.00. The molecule has 2 rings (SSSR count). The van der Waals surface area contributed by atoms with Gasteiger partial charge >= 0.3 is 0 Å². The summed E-state index contributed by atoms with van der Waals surface area (Å²) in [6.07, 6.45) is 2.87. The monoisotopic (exact) mass is 243 g/mol. The van der Waals surface area contributed by atoms with Crippen molar-refractivity contribution in [2.75, 3.05) is 6.61 Å². The average molecular weight is 243 g/mol. The maximum atomic E-state index is 8.76. The molecule has 1 aliphatic rings. The Morgan fingerprint density at radius 2 is 1.83 bits per heavy atom. The van der Waals surface area contributed by atoms with Crippen LogP contribution in [0.2, 0.25) is 0 Å². The predicted molar refractivity (Wildman–Crippen MR) is 72.5 cm³/mol. The number of hydrogen-bond donors (Lipinski definition) is 0. The largest absolute Gasteiger partial charge is 0.493 e. The van der Waals surface area contributed by atoms with Crippen LogP contribution < -0.4 is 4.74 Å². The molecule has 0 heterocycles. The number of hydrogen-bond acceptors (Lipinski definition) is 2. The number of ether oxygens (including phenoxy) is 1. The highest BCUT2D eigenvalue weighted by Gasteiger charge is 2.43. The van der Waals surface area contributed by atoms with Crippen molar-refractivity contribution in [1.29, 1.82) is 5.26 Å². The molecule has 0 atom stereocenters. The lowest BCUT2D eigenvalue weighted by Gasteiger charge is -2.19. The first-order valence-electron chi connectivity index (χ1n) is 6.56. The third kappa shape index (κ3) is 3.04. The molecule has 0 radical (unpaired) electrons. The molecule has 1 saturated carbocycles. The highest BCUT2D eigenvalue weighted by Crippen LogP contribution is 2.48. The molecule has 1 aliphatic carbocycles. The van der Waals surface area contributed by atoms with E-state index >= 15 is 0 Å². The smallest absolute Gasteiger partial charge is 0.119 e. The number of rotatable bonds is 4. The normalized spacial score (nSPS) is 17.0. The van der Waals surface area contributed by atoms with Crippen LogP contribution in [-0.2, 0) is 5.41 Å². The summed E-state index contributed by atoms with van der Waals surface area (Å²) in [4.78, 5) is 0. The molecule has 0 aliphatic heterocycles. The Morgan fingerprint density at radius 1 is 1.22 bits per heavy atom. The SMILES string of the molecule is CC(C)(C)c1ccc(OCC2(CC#N)CC2)cc1. The second-order valence-corrected chi connectivity index (χ2v) is 6.40. The van der Waals surface area contributed by atoms with E-state index in [9.17, 15) is 0 Å². The van der Waals surface area contributed by atoms with Crippen LogP contribution in [0.15, 0.2) is 24.3 Å². The summed E-state index contributed by atoms with van der Waals surface area (Å²) in [5.74, 6) is 0.909. The molecule has 0 spiro atoms. The molecule has 0 saturated heterocycles.